The first kappa shape index (κ1) is 15.0. The average molecular weight is 275 g/mol. The molecule has 0 saturated carbocycles. The van der Waals surface area contributed by atoms with E-state index in [1.54, 1.807) is 0 Å². The van der Waals surface area contributed by atoms with Crippen LogP contribution in [0.4, 0.5) is 0 Å². The van der Waals surface area contributed by atoms with Crippen molar-refractivity contribution in [2.24, 2.45) is 5.92 Å². The lowest BCUT2D eigenvalue weighted by molar-refractivity contribution is -0.145. The second-order valence-electron chi connectivity index (χ2n) is 6.32. The monoisotopic (exact) mass is 275 g/mol. The van der Waals surface area contributed by atoms with E-state index in [4.69, 9.17) is 0 Å². The Hall–Kier alpha value is -1.35. The molecular formula is C17H25NO2. The molecule has 1 aromatic carbocycles. The molecule has 0 saturated heterocycles. The first-order valence-corrected chi connectivity index (χ1v) is 7.54. The largest absolute Gasteiger partial charge is 0.480 e. The van der Waals surface area contributed by atoms with E-state index in [1.807, 2.05) is 12.1 Å². The third-order valence-corrected chi connectivity index (χ3v) is 4.30. The summed E-state index contributed by atoms with van der Waals surface area (Å²) in [6.45, 7) is 7.35. The zero-order valence-corrected chi connectivity index (χ0v) is 12.7. The standard InChI is InChI=1S/C17H25NO2/c1-12(2)8-9-13(3)18-11-15-7-5-4-6-14(15)10-16(18)17(19)20/h4-7,12-13,16H,8-11H2,1-3H3,(H,19,20). The highest BCUT2D eigenvalue weighted by Crippen LogP contribution is 2.27. The van der Waals surface area contributed by atoms with Crippen molar-refractivity contribution in [3.8, 4) is 0 Å². The quantitative estimate of drug-likeness (QED) is 0.896. The number of benzene rings is 1. The van der Waals surface area contributed by atoms with Crippen molar-refractivity contribution in [3.63, 3.8) is 0 Å². The van der Waals surface area contributed by atoms with Gasteiger partial charge < -0.3 is 5.11 Å². The first-order valence-electron chi connectivity index (χ1n) is 7.54. The summed E-state index contributed by atoms with van der Waals surface area (Å²) in [6, 6.07) is 8.14. The number of aliphatic carboxylic acids is 1. The van der Waals surface area contributed by atoms with E-state index in [0.29, 0.717) is 18.4 Å². The number of hydrogen-bond acceptors (Lipinski definition) is 2. The summed E-state index contributed by atoms with van der Waals surface area (Å²) in [5.74, 6) is -0.0336. The zero-order valence-electron chi connectivity index (χ0n) is 12.7. The van der Waals surface area contributed by atoms with Crippen molar-refractivity contribution in [3.05, 3.63) is 35.4 Å². The summed E-state index contributed by atoms with van der Waals surface area (Å²) in [4.78, 5) is 13.7. The molecule has 2 rings (SSSR count). The lowest BCUT2D eigenvalue weighted by Gasteiger charge is -2.38. The molecular weight excluding hydrogens is 250 g/mol. The number of carboxylic acids is 1. The maximum Gasteiger partial charge on any atom is 0.321 e. The Kier molecular flexibility index (Phi) is 4.81. The fourth-order valence-corrected chi connectivity index (χ4v) is 2.98. The van der Waals surface area contributed by atoms with Gasteiger partial charge in [0, 0.05) is 12.6 Å². The van der Waals surface area contributed by atoms with Crippen LogP contribution in [0.1, 0.15) is 44.7 Å². The molecule has 110 valence electrons. The summed E-state index contributed by atoms with van der Waals surface area (Å²) in [5.41, 5.74) is 2.47. The summed E-state index contributed by atoms with van der Waals surface area (Å²) >= 11 is 0. The highest BCUT2D eigenvalue weighted by Gasteiger charge is 2.33. The molecule has 0 aliphatic carbocycles. The Morgan fingerprint density at radius 1 is 1.25 bits per heavy atom. The summed E-state index contributed by atoms with van der Waals surface area (Å²) in [6.07, 6.45) is 2.83. The third kappa shape index (κ3) is 3.40. The molecule has 0 radical (unpaired) electrons. The smallest absolute Gasteiger partial charge is 0.321 e. The third-order valence-electron chi connectivity index (χ3n) is 4.30. The van der Waals surface area contributed by atoms with Crippen LogP contribution in [-0.4, -0.2) is 28.1 Å². The van der Waals surface area contributed by atoms with E-state index in [2.05, 4.69) is 37.8 Å². The van der Waals surface area contributed by atoms with Gasteiger partial charge in [-0.05, 0) is 43.2 Å². The molecule has 2 atom stereocenters. The van der Waals surface area contributed by atoms with Crippen LogP contribution in [0.25, 0.3) is 0 Å². The van der Waals surface area contributed by atoms with Crippen LogP contribution in [0, 0.1) is 5.92 Å². The maximum absolute atomic E-state index is 11.6. The minimum Gasteiger partial charge on any atom is -0.480 e. The number of carboxylic acid groups (broad SMARTS) is 1. The molecule has 1 aromatic rings. The fraction of sp³-hybridized carbons (Fsp3) is 0.588. The molecule has 1 aliphatic rings. The number of hydrogen-bond donors (Lipinski definition) is 1. The molecule has 1 aliphatic heterocycles. The lowest BCUT2D eigenvalue weighted by atomic mass is 9.91. The Bertz CT molecular complexity index is 470. The van der Waals surface area contributed by atoms with Gasteiger partial charge in [-0.1, -0.05) is 38.1 Å². The molecule has 0 bridgehead atoms. The lowest BCUT2D eigenvalue weighted by Crippen LogP contribution is -2.49. The number of fused-ring (bicyclic) bond motifs is 1. The van der Waals surface area contributed by atoms with Gasteiger partial charge in [0.1, 0.15) is 6.04 Å². The van der Waals surface area contributed by atoms with Crippen molar-refractivity contribution in [1.82, 2.24) is 4.90 Å². The van der Waals surface area contributed by atoms with E-state index in [1.165, 1.54) is 11.1 Å². The van der Waals surface area contributed by atoms with Gasteiger partial charge in [-0.15, -0.1) is 0 Å². The van der Waals surface area contributed by atoms with Crippen LogP contribution < -0.4 is 0 Å². The van der Waals surface area contributed by atoms with Crippen molar-refractivity contribution < 1.29 is 9.90 Å². The van der Waals surface area contributed by atoms with Gasteiger partial charge in [0.25, 0.3) is 0 Å². The van der Waals surface area contributed by atoms with E-state index in [9.17, 15) is 9.90 Å². The van der Waals surface area contributed by atoms with Gasteiger partial charge in [-0.3, -0.25) is 9.69 Å². The zero-order chi connectivity index (χ0) is 14.7. The predicted octanol–water partition coefficient (Wildman–Crippen LogP) is 3.32. The summed E-state index contributed by atoms with van der Waals surface area (Å²) in [7, 11) is 0. The molecule has 0 aromatic heterocycles. The second kappa shape index (κ2) is 6.40. The topological polar surface area (TPSA) is 40.5 Å². The number of rotatable bonds is 5. The van der Waals surface area contributed by atoms with Crippen LogP contribution in [-0.2, 0) is 17.8 Å². The van der Waals surface area contributed by atoms with Crippen molar-refractivity contribution in [1.29, 1.82) is 0 Å². The molecule has 2 unspecified atom stereocenters. The van der Waals surface area contributed by atoms with E-state index < -0.39 is 5.97 Å². The van der Waals surface area contributed by atoms with Crippen molar-refractivity contribution in [2.75, 3.05) is 0 Å². The van der Waals surface area contributed by atoms with Crippen LogP contribution in [0.2, 0.25) is 0 Å². The Morgan fingerprint density at radius 3 is 2.50 bits per heavy atom. The van der Waals surface area contributed by atoms with E-state index in [-0.39, 0.29) is 6.04 Å². The summed E-state index contributed by atoms with van der Waals surface area (Å²) < 4.78 is 0. The van der Waals surface area contributed by atoms with Gasteiger partial charge in [0.15, 0.2) is 0 Å². The van der Waals surface area contributed by atoms with Gasteiger partial charge in [0.2, 0.25) is 0 Å². The maximum atomic E-state index is 11.6. The summed E-state index contributed by atoms with van der Waals surface area (Å²) in [5, 5.41) is 9.52. The van der Waals surface area contributed by atoms with Gasteiger partial charge in [-0.2, -0.15) is 0 Å². The Labute approximate surface area is 121 Å². The predicted molar refractivity (Wildman–Crippen MR) is 80.6 cm³/mol. The minimum atomic E-state index is -0.698. The normalized spacial score (nSPS) is 20.7. The fourth-order valence-electron chi connectivity index (χ4n) is 2.98. The highest BCUT2D eigenvalue weighted by atomic mass is 16.4. The molecule has 0 amide bonds. The van der Waals surface area contributed by atoms with Crippen LogP contribution in [0.15, 0.2) is 24.3 Å². The first-order chi connectivity index (χ1) is 9.49. The number of nitrogens with zero attached hydrogens (tertiary/aromatic N) is 1. The van der Waals surface area contributed by atoms with Crippen LogP contribution in [0.5, 0.6) is 0 Å². The molecule has 1 heterocycles. The second-order valence-corrected chi connectivity index (χ2v) is 6.32. The SMILES string of the molecule is CC(C)CCC(C)N1Cc2ccccc2CC1C(=O)O. The Morgan fingerprint density at radius 2 is 1.90 bits per heavy atom. The van der Waals surface area contributed by atoms with Crippen molar-refractivity contribution >= 4 is 5.97 Å². The molecule has 3 heteroatoms. The minimum absolute atomic E-state index is 0.312. The van der Waals surface area contributed by atoms with Gasteiger partial charge in [0.05, 0.1) is 0 Å². The van der Waals surface area contributed by atoms with Crippen LogP contribution >= 0.6 is 0 Å². The molecule has 3 nitrogen and oxygen atoms in total. The van der Waals surface area contributed by atoms with Crippen molar-refractivity contribution in [2.45, 2.75) is 58.7 Å². The van der Waals surface area contributed by atoms with E-state index in [0.717, 1.165) is 19.4 Å². The van der Waals surface area contributed by atoms with Gasteiger partial charge in [-0.25, -0.2) is 0 Å². The molecule has 0 fully saturated rings. The number of carbonyl (C=O) groups is 1. The van der Waals surface area contributed by atoms with Gasteiger partial charge >= 0.3 is 5.97 Å². The highest BCUT2D eigenvalue weighted by molar-refractivity contribution is 5.74. The molecule has 1 N–H and O–H groups in total. The molecule has 0 spiro atoms. The van der Waals surface area contributed by atoms with Crippen LogP contribution in [0.3, 0.4) is 0 Å². The van der Waals surface area contributed by atoms with E-state index >= 15 is 0 Å². The Balaban J connectivity index is 2.15. The average Bonchev–Trinajstić information content (AvgIpc) is 2.43. The molecule has 20 heavy (non-hydrogen) atoms.